The summed E-state index contributed by atoms with van der Waals surface area (Å²) in [5.41, 5.74) is 1.64. The molecule has 1 atom stereocenters. The Morgan fingerprint density at radius 1 is 1.21 bits per heavy atom. The van der Waals surface area contributed by atoms with Crippen molar-refractivity contribution in [3.05, 3.63) is 64.1 Å². The summed E-state index contributed by atoms with van der Waals surface area (Å²) in [5.74, 6) is -0.494. The standard InChI is InChI=1S/C17H18BrNO4S/c1-12-6-8-15(9-7-12)24(21,22)19-16(11-17(20)23-2)13-4-3-5-14(18)10-13/h3-10,16,19H,11H2,1-2H3. The van der Waals surface area contributed by atoms with Crippen LogP contribution in [0.5, 0.6) is 0 Å². The Morgan fingerprint density at radius 3 is 2.46 bits per heavy atom. The number of halogens is 1. The molecule has 0 saturated heterocycles. The van der Waals surface area contributed by atoms with E-state index in [9.17, 15) is 13.2 Å². The smallest absolute Gasteiger partial charge is 0.307 e. The van der Waals surface area contributed by atoms with Gasteiger partial charge in [-0.1, -0.05) is 45.8 Å². The van der Waals surface area contributed by atoms with Gasteiger partial charge in [-0.25, -0.2) is 13.1 Å². The van der Waals surface area contributed by atoms with Gasteiger partial charge in [0, 0.05) is 4.47 Å². The van der Waals surface area contributed by atoms with E-state index < -0.39 is 22.0 Å². The summed E-state index contributed by atoms with van der Waals surface area (Å²) in [7, 11) is -2.49. The van der Waals surface area contributed by atoms with E-state index in [0.717, 1.165) is 10.0 Å². The molecule has 0 aliphatic rings. The van der Waals surface area contributed by atoms with Crippen LogP contribution in [0.15, 0.2) is 57.9 Å². The van der Waals surface area contributed by atoms with Gasteiger partial charge in [0.2, 0.25) is 10.0 Å². The van der Waals surface area contributed by atoms with Crippen molar-refractivity contribution in [3.63, 3.8) is 0 Å². The van der Waals surface area contributed by atoms with E-state index in [4.69, 9.17) is 0 Å². The van der Waals surface area contributed by atoms with Gasteiger partial charge in [-0.2, -0.15) is 0 Å². The lowest BCUT2D eigenvalue weighted by molar-refractivity contribution is -0.141. The molecule has 0 radical (unpaired) electrons. The molecule has 0 spiro atoms. The Kier molecular flexibility index (Phi) is 6.15. The molecule has 0 heterocycles. The van der Waals surface area contributed by atoms with Gasteiger partial charge in [-0.3, -0.25) is 4.79 Å². The SMILES string of the molecule is COC(=O)CC(NS(=O)(=O)c1ccc(C)cc1)c1cccc(Br)c1. The van der Waals surface area contributed by atoms with Crippen LogP contribution in [0.25, 0.3) is 0 Å². The van der Waals surface area contributed by atoms with Crippen molar-refractivity contribution >= 4 is 31.9 Å². The zero-order valence-electron chi connectivity index (χ0n) is 13.3. The molecule has 2 aromatic rings. The predicted molar refractivity (Wildman–Crippen MR) is 95.0 cm³/mol. The molecule has 1 unspecified atom stereocenters. The first kappa shape index (κ1) is 18.6. The highest BCUT2D eigenvalue weighted by Crippen LogP contribution is 2.24. The number of rotatable bonds is 6. The second kappa shape index (κ2) is 7.92. The molecule has 0 bridgehead atoms. The van der Waals surface area contributed by atoms with Crippen LogP contribution in [0.2, 0.25) is 0 Å². The monoisotopic (exact) mass is 411 g/mol. The van der Waals surface area contributed by atoms with Crippen molar-refractivity contribution in [1.29, 1.82) is 0 Å². The fourth-order valence-corrected chi connectivity index (χ4v) is 3.82. The lowest BCUT2D eigenvalue weighted by atomic mass is 10.1. The second-order valence-corrected chi connectivity index (χ2v) is 7.95. The number of carbonyl (C=O) groups excluding carboxylic acids is 1. The average Bonchev–Trinajstić information content (AvgIpc) is 2.54. The number of ether oxygens (including phenoxy) is 1. The molecule has 0 amide bonds. The number of hydrogen-bond donors (Lipinski definition) is 1. The number of sulfonamides is 1. The third kappa shape index (κ3) is 4.90. The molecule has 128 valence electrons. The Bertz CT molecular complexity index is 819. The highest BCUT2D eigenvalue weighted by Gasteiger charge is 2.24. The zero-order chi connectivity index (χ0) is 17.7. The van der Waals surface area contributed by atoms with Crippen molar-refractivity contribution in [1.82, 2.24) is 4.72 Å². The summed E-state index contributed by atoms with van der Waals surface area (Å²) in [6.45, 7) is 1.88. The topological polar surface area (TPSA) is 72.5 Å². The molecular formula is C17H18BrNO4S. The van der Waals surface area contributed by atoms with E-state index in [0.29, 0.717) is 5.56 Å². The van der Waals surface area contributed by atoms with E-state index in [1.54, 1.807) is 30.3 Å². The highest BCUT2D eigenvalue weighted by molar-refractivity contribution is 9.10. The second-order valence-electron chi connectivity index (χ2n) is 5.32. The molecule has 0 fully saturated rings. The van der Waals surface area contributed by atoms with Crippen molar-refractivity contribution < 1.29 is 17.9 Å². The molecule has 0 aliphatic heterocycles. The minimum absolute atomic E-state index is 0.0992. The predicted octanol–water partition coefficient (Wildman–Crippen LogP) is 3.34. The van der Waals surface area contributed by atoms with Gasteiger partial charge in [-0.15, -0.1) is 0 Å². The van der Waals surface area contributed by atoms with Crippen LogP contribution in [-0.2, 0) is 19.6 Å². The number of nitrogens with one attached hydrogen (secondary N) is 1. The Morgan fingerprint density at radius 2 is 1.88 bits per heavy atom. The number of carbonyl (C=O) groups is 1. The fourth-order valence-electron chi connectivity index (χ4n) is 2.17. The summed E-state index contributed by atoms with van der Waals surface area (Å²) in [6, 6.07) is 12.9. The van der Waals surface area contributed by atoms with Gasteiger partial charge < -0.3 is 4.74 Å². The van der Waals surface area contributed by atoms with Crippen LogP contribution in [0.4, 0.5) is 0 Å². The van der Waals surface area contributed by atoms with Crippen LogP contribution in [0.3, 0.4) is 0 Å². The number of methoxy groups -OCH3 is 1. The molecule has 24 heavy (non-hydrogen) atoms. The molecule has 1 N–H and O–H groups in total. The van der Waals surface area contributed by atoms with Crippen LogP contribution in [-0.4, -0.2) is 21.5 Å². The van der Waals surface area contributed by atoms with Gasteiger partial charge in [0.25, 0.3) is 0 Å². The Labute approximate surface area is 150 Å². The van der Waals surface area contributed by atoms with Gasteiger partial charge in [-0.05, 0) is 36.8 Å². The summed E-state index contributed by atoms with van der Waals surface area (Å²) in [6.07, 6.45) is -0.0992. The van der Waals surface area contributed by atoms with Crippen molar-refractivity contribution in [2.24, 2.45) is 0 Å². The van der Waals surface area contributed by atoms with Crippen molar-refractivity contribution in [3.8, 4) is 0 Å². The number of aryl methyl sites for hydroxylation is 1. The molecule has 7 heteroatoms. The van der Waals surface area contributed by atoms with E-state index in [2.05, 4.69) is 25.4 Å². The number of benzene rings is 2. The fraction of sp³-hybridized carbons (Fsp3) is 0.235. The molecule has 2 aromatic carbocycles. The third-order valence-electron chi connectivity index (χ3n) is 3.48. The first-order valence-corrected chi connectivity index (χ1v) is 9.51. The molecular weight excluding hydrogens is 394 g/mol. The first-order valence-electron chi connectivity index (χ1n) is 7.23. The maximum Gasteiger partial charge on any atom is 0.307 e. The summed E-state index contributed by atoms with van der Waals surface area (Å²) in [4.78, 5) is 11.8. The number of hydrogen-bond acceptors (Lipinski definition) is 4. The maximum atomic E-state index is 12.6. The van der Waals surface area contributed by atoms with Gasteiger partial charge in [0.1, 0.15) is 0 Å². The van der Waals surface area contributed by atoms with Crippen LogP contribution < -0.4 is 4.72 Å². The lowest BCUT2D eigenvalue weighted by Gasteiger charge is -2.18. The Balaban J connectivity index is 2.33. The van der Waals surface area contributed by atoms with Crippen molar-refractivity contribution in [2.75, 3.05) is 7.11 Å². The third-order valence-corrected chi connectivity index (χ3v) is 5.46. The Hall–Kier alpha value is -1.70. The minimum Gasteiger partial charge on any atom is -0.469 e. The van der Waals surface area contributed by atoms with E-state index in [1.807, 2.05) is 13.0 Å². The van der Waals surface area contributed by atoms with Crippen LogP contribution >= 0.6 is 15.9 Å². The minimum atomic E-state index is -3.76. The molecule has 5 nitrogen and oxygen atoms in total. The van der Waals surface area contributed by atoms with Gasteiger partial charge >= 0.3 is 5.97 Å². The molecule has 0 aliphatic carbocycles. The van der Waals surface area contributed by atoms with Crippen LogP contribution in [0, 0.1) is 6.92 Å². The molecule has 2 rings (SSSR count). The normalized spacial score (nSPS) is 12.6. The van der Waals surface area contributed by atoms with E-state index >= 15 is 0 Å². The van der Waals surface area contributed by atoms with E-state index in [1.165, 1.54) is 19.2 Å². The van der Waals surface area contributed by atoms with Gasteiger partial charge in [0.05, 0.1) is 24.5 Å². The lowest BCUT2D eigenvalue weighted by Crippen LogP contribution is -2.30. The van der Waals surface area contributed by atoms with Crippen molar-refractivity contribution in [2.45, 2.75) is 24.3 Å². The van der Waals surface area contributed by atoms with Crippen LogP contribution in [0.1, 0.15) is 23.6 Å². The maximum absolute atomic E-state index is 12.6. The number of esters is 1. The molecule has 0 aromatic heterocycles. The average molecular weight is 412 g/mol. The highest BCUT2D eigenvalue weighted by atomic mass is 79.9. The quantitative estimate of drug-likeness (QED) is 0.739. The molecule has 0 saturated carbocycles. The zero-order valence-corrected chi connectivity index (χ0v) is 15.7. The van der Waals surface area contributed by atoms with E-state index in [-0.39, 0.29) is 11.3 Å². The van der Waals surface area contributed by atoms with Gasteiger partial charge in [0.15, 0.2) is 0 Å². The summed E-state index contributed by atoms with van der Waals surface area (Å²) < 4.78 is 33.3. The first-order chi connectivity index (χ1) is 11.3. The summed E-state index contributed by atoms with van der Waals surface area (Å²) >= 11 is 3.35. The summed E-state index contributed by atoms with van der Waals surface area (Å²) in [5, 5.41) is 0. The largest absolute Gasteiger partial charge is 0.469 e.